The first-order valence-corrected chi connectivity index (χ1v) is 8.37. The van der Waals surface area contributed by atoms with Crippen LogP contribution in [0.4, 0.5) is 0 Å². The molecule has 0 unspecified atom stereocenters. The summed E-state index contributed by atoms with van der Waals surface area (Å²) in [6, 6.07) is 0. The Morgan fingerprint density at radius 2 is 1.27 bits per heavy atom. The van der Waals surface area contributed by atoms with Crippen molar-refractivity contribution >= 4 is 18.1 Å². The van der Waals surface area contributed by atoms with Gasteiger partial charge in [-0.25, -0.2) is 0 Å². The van der Waals surface area contributed by atoms with Gasteiger partial charge in [0.15, 0.2) is 0 Å². The Kier molecular flexibility index (Phi) is 14.9. The molecule has 2 amide bonds. The van der Waals surface area contributed by atoms with Crippen molar-refractivity contribution in [1.82, 2.24) is 10.6 Å². The monoisotopic (exact) mass is 313 g/mol. The molecule has 6 nitrogen and oxygen atoms in total. The zero-order chi connectivity index (χ0) is 16.5. The van der Waals surface area contributed by atoms with Gasteiger partial charge < -0.3 is 21.2 Å². The number of nitrogens with one attached hydrogen (secondary N) is 2. The summed E-state index contributed by atoms with van der Waals surface area (Å²) in [5, 5.41) is 5.61. The largest absolute Gasteiger partial charge is 0.356 e. The predicted molar refractivity (Wildman–Crippen MR) is 87.3 cm³/mol. The molecule has 0 radical (unpaired) electrons. The Labute approximate surface area is 133 Å². The lowest BCUT2D eigenvalue weighted by Crippen LogP contribution is -2.28. The van der Waals surface area contributed by atoms with Crippen molar-refractivity contribution in [3.8, 4) is 0 Å². The van der Waals surface area contributed by atoms with Gasteiger partial charge in [0.25, 0.3) is 0 Å². The van der Waals surface area contributed by atoms with E-state index in [1.165, 1.54) is 0 Å². The maximum atomic E-state index is 11.5. The van der Waals surface area contributed by atoms with Crippen LogP contribution >= 0.6 is 0 Å². The second-order valence-electron chi connectivity index (χ2n) is 5.42. The molecule has 6 heteroatoms. The maximum absolute atomic E-state index is 11.5. The van der Waals surface area contributed by atoms with E-state index in [0.29, 0.717) is 19.5 Å². The summed E-state index contributed by atoms with van der Waals surface area (Å²) in [4.78, 5) is 33.2. The molecule has 0 spiro atoms. The molecule has 0 aromatic heterocycles. The van der Waals surface area contributed by atoms with E-state index in [0.717, 1.165) is 57.8 Å². The normalized spacial score (nSPS) is 10.2. The molecule has 22 heavy (non-hydrogen) atoms. The first-order chi connectivity index (χ1) is 10.7. The predicted octanol–water partition coefficient (Wildman–Crippen LogP) is 1.28. The van der Waals surface area contributed by atoms with Crippen LogP contribution in [0.1, 0.15) is 64.2 Å². The van der Waals surface area contributed by atoms with Gasteiger partial charge in [-0.1, -0.05) is 19.3 Å². The molecule has 0 aliphatic carbocycles. The van der Waals surface area contributed by atoms with Crippen molar-refractivity contribution < 1.29 is 14.4 Å². The first kappa shape index (κ1) is 20.6. The van der Waals surface area contributed by atoms with Gasteiger partial charge in [-0.15, -0.1) is 0 Å². The molecule has 0 saturated carbocycles. The average molecular weight is 313 g/mol. The fourth-order valence-electron chi connectivity index (χ4n) is 2.01. The van der Waals surface area contributed by atoms with Crippen molar-refractivity contribution in [2.24, 2.45) is 5.73 Å². The highest BCUT2D eigenvalue weighted by atomic mass is 16.2. The van der Waals surface area contributed by atoms with Crippen molar-refractivity contribution in [2.45, 2.75) is 64.2 Å². The number of amides is 2. The quantitative estimate of drug-likeness (QED) is 0.313. The second-order valence-corrected chi connectivity index (χ2v) is 5.42. The summed E-state index contributed by atoms with van der Waals surface area (Å²) in [5.41, 5.74) is 5.40. The van der Waals surface area contributed by atoms with E-state index in [9.17, 15) is 14.4 Å². The number of hydrogen-bond donors (Lipinski definition) is 3. The molecule has 0 fully saturated rings. The molecular formula is C16H31N3O3. The van der Waals surface area contributed by atoms with Gasteiger partial charge in [0.2, 0.25) is 11.8 Å². The Morgan fingerprint density at radius 3 is 1.77 bits per heavy atom. The van der Waals surface area contributed by atoms with E-state index in [1.54, 1.807) is 0 Å². The summed E-state index contributed by atoms with van der Waals surface area (Å²) in [7, 11) is 0. The zero-order valence-corrected chi connectivity index (χ0v) is 13.6. The van der Waals surface area contributed by atoms with Crippen LogP contribution in [0.3, 0.4) is 0 Å². The highest BCUT2D eigenvalue weighted by Gasteiger charge is 2.05. The van der Waals surface area contributed by atoms with Crippen molar-refractivity contribution in [3.63, 3.8) is 0 Å². The third-order valence-corrected chi connectivity index (χ3v) is 3.35. The number of carbonyl (C=O) groups excluding carboxylic acids is 3. The number of nitrogens with two attached hydrogens (primary N) is 1. The molecule has 128 valence electrons. The Bertz CT molecular complexity index is 309. The standard InChI is InChI=1S/C16H31N3O3/c17-11-5-1-2-6-12-18-15(21)9-10-16(22)19-13-7-3-4-8-14-20/h14H,1-13,17H2,(H,18,21)(H,19,22). The summed E-state index contributed by atoms with van der Waals surface area (Å²) in [6.07, 6.45) is 8.79. The van der Waals surface area contributed by atoms with Crippen molar-refractivity contribution in [3.05, 3.63) is 0 Å². The lowest BCUT2D eigenvalue weighted by molar-refractivity contribution is -0.126. The van der Waals surface area contributed by atoms with Crippen LogP contribution in [0, 0.1) is 0 Å². The number of hydrogen-bond acceptors (Lipinski definition) is 4. The van der Waals surface area contributed by atoms with E-state index >= 15 is 0 Å². The van der Waals surface area contributed by atoms with Crippen molar-refractivity contribution in [1.29, 1.82) is 0 Å². The molecule has 0 aliphatic rings. The van der Waals surface area contributed by atoms with Crippen LogP contribution < -0.4 is 16.4 Å². The van der Waals surface area contributed by atoms with Crippen LogP contribution in [-0.2, 0) is 14.4 Å². The number of aldehydes is 1. The van der Waals surface area contributed by atoms with Gasteiger partial charge in [-0.3, -0.25) is 9.59 Å². The highest BCUT2D eigenvalue weighted by molar-refractivity contribution is 5.83. The number of unbranched alkanes of at least 4 members (excludes halogenated alkanes) is 6. The average Bonchev–Trinajstić information content (AvgIpc) is 2.52. The van der Waals surface area contributed by atoms with Gasteiger partial charge in [0.1, 0.15) is 6.29 Å². The van der Waals surface area contributed by atoms with E-state index in [1.807, 2.05) is 0 Å². The minimum Gasteiger partial charge on any atom is -0.356 e. The number of rotatable bonds is 15. The van der Waals surface area contributed by atoms with Gasteiger partial charge >= 0.3 is 0 Å². The minimum atomic E-state index is -0.0894. The first-order valence-electron chi connectivity index (χ1n) is 8.37. The van der Waals surface area contributed by atoms with Gasteiger partial charge in [0.05, 0.1) is 0 Å². The summed E-state index contributed by atoms with van der Waals surface area (Å²) in [6.45, 7) is 2.00. The summed E-state index contributed by atoms with van der Waals surface area (Å²) < 4.78 is 0. The molecule has 0 aromatic carbocycles. The van der Waals surface area contributed by atoms with Crippen LogP contribution in [0.5, 0.6) is 0 Å². The molecule has 0 rings (SSSR count). The smallest absolute Gasteiger partial charge is 0.220 e. The molecule has 0 heterocycles. The molecule has 0 saturated heterocycles. The highest BCUT2D eigenvalue weighted by Crippen LogP contribution is 1.98. The zero-order valence-electron chi connectivity index (χ0n) is 13.6. The van der Waals surface area contributed by atoms with Crippen LogP contribution in [0.25, 0.3) is 0 Å². The fourth-order valence-corrected chi connectivity index (χ4v) is 2.01. The van der Waals surface area contributed by atoms with E-state index in [-0.39, 0.29) is 24.7 Å². The molecule has 4 N–H and O–H groups in total. The molecule has 0 aliphatic heterocycles. The Morgan fingerprint density at radius 1 is 0.773 bits per heavy atom. The lowest BCUT2D eigenvalue weighted by atomic mass is 10.2. The summed E-state index contributed by atoms with van der Waals surface area (Å²) >= 11 is 0. The Balaban J connectivity index is 3.37. The van der Waals surface area contributed by atoms with E-state index < -0.39 is 0 Å². The SMILES string of the molecule is NCCCCCCNC(=O)CCC(=O)NCCCCCC=O. The van der Waals surface area contributed by atoms with Gasteiger partial charge in [0, 0.05) is 32.4 Å². The molecule has 0 bridgehead atoms. The maximum Gasteiger partial charge on any atom is 0.220 e. The van der Waals surface area contributed by atoms with Crippen LogP contribution in [0.2, 0.25) is 0 Å². The number of carbonyl (C=O) groups is 3. The van der Waals surface area contributed by atoms with Crippen molar-refractivity contribution in [2.75, 3.05) is 19.6 Å². The van der Waals surface area contributed by atoms with Crippen LogP contribution in [0.15, 0.2) is 0 Å². The topological polar surface area (TPSA) is 101 Å². The molecule has 0 aromatic rings. The fraction of sp³-hybridized carbons (Fsp3) is 0.812. The summed E-state index contributed by atoms with van der Waals surface area (Å²) in [5.74, 6) is -0.159. The lowest BCUT2D eigenvalue weighted by Gasteiger charge is -2.06. The third-order valence-electron chi connectivity index (χ3n) is 3.35. The van der Waals surface area contributed by atoms with Crippen LogP contribution in [-0.4, -0.2) is 37.7 Å². The van der Waals surface area contributed by atoms with E-state index in [4.69, 9.17) is 5.73 Å². The Hall–Kier alpha value is -1.43. The second kappa shape index (κ2) is 15.9. The molecular weight excluding hydrogens is 282 g/mol. The third kappa shape index (κ3) is 15.0. The molecule has 0 atom stereocenters. The van der Waals surface area contributed by atoms with Gasteiger partial charge in [-0.05, 0) is 32.2 Å². The minimum absolute atomic E-state index is 0.0695. The van der Waals surface area contributed by atoms with E-state index in [2.05, 4.69) is 10.6 Å². The van der Waals surface area contributed by atoms with Gasteiger partial charge in [-0.2, -0.15) is 0 Å².